The Morgan fingerprint density at radius 1 is 1.44 bits per heavy atom. The number of aromatic nitrogens is 2. The van der Waals surface area contributed by atoms with E-state index in [2.05, 4.69) is 9.97 Å². The van der Waals surface area contributed by atoms with Crippen LogP contribution in [0.5, 0.6) is 0 Å². The van der Waals surface area contributed by atoms with Gasteiger partial charge in [-0.25, -0.2) is 9.97 Å². The van der Waals surface area contributed by atoms with E-state index in [4.69, 9.17) is 5.21 Å². The van der Waals surface area contributed by atoms with Crippen LogP contribution in [-0.4, -0.2) is 15.2 Å². The van der Waals surface area contributed by atoms with Gasteiger partial charge in [0, 0.05) is 0 Å². The summed E-state index contributed by atoms with van der Waals surface area (Å²) in [5.41, 5.74) is 2.43. The lowest BCUT2D eigenvalue weighted by Crippen LogP contribution is -1.92. The lowest BCUT2D eigenvalue weighted by Gasteiger charge is -1.94. The van der Waals surface area contributed by atoms with Crippen LogP contribution in [0.3, 0.4) is 0 Å². The molecule has 0 aliphatic rings. The molecule has 48 valence electrons. The minimum absolute atomic E-state index is 0.501. The Morgan fingerprint density at radius 3 is 2.44 bits per heavy atom. The highest BCUT2D eigenvalue weighted by molar-refractivity contribution is 5.34. The zero-order valence-electron chi connectivity index (χ0n) is 5.00. The zero-order chi connectivity index (χ0) is 6.69. The normalized spacial score (nSPS) is 9.11. The highest BCUT2D eigenvalue weighted by Crippen LogP contribution is 1.98. The van der Waals surface area contributed by atoms with Gasteiger partial charge in [-0.2, -0.15) is 0 Å². The fraction of sp³-hybridized carbons (Fsp3) is 0.200. The van der Waals surface area contributed by atoms with E-state index in [1.807, 2.05) is 5.48 Å². The third kappa shape index (κ3) is 1.36. The number of hydrogen-bond donors (Lipinski definition) is 2. The van der Waals surface area contributed by atoms with Gasteiger partial charge in [0.25, 0.3) is 0 Å². The van der Waals surface area contributed by atoms with Gasteiger partial charge in [0.15, 0.2) is 0 Å². The third-order valence-corrected chi connectivity index (χ3v) is 0.910. The first-order valence-corrected chi connectivity index (χ1v) is 2.51. The van der Waals surface area contributed by atoms with E-state index in [1.165, 1.54) is 12.4 Å². The van der Waals surface area contributed by atoms with Crippen molar-refractivity contribution < 1.29 is 5.21 Å². The summed E-state index contributed by atoms with van der Waals surface area (Å²) in [5.74, 6) is 0.689. The Balaban J connectivity index is 2.88. The van der Waals surface area contributed by atoms with Crippen molar-refractivity contribution in [2.24, 2.45) is 0 Å². The van der Waals surface area contributed by atoms with Gasteiger partial charge in [0.2, 0.25) is 0 Å². The van der Waals surface area contributed by atoms with Crippen LogP contribution in [0.1, 0.15) is 5.82 Å². The Labute approximate surface area is 52.5 Å². The first-order valence-electron chi connectivity index (χ1n) is 2.51. The van der Waals surface area contributed by atoms with Crippen LogP contribution in [0, 0.1) is 6.92 Å². The van der Waals surface area contributed by atoms with Crippen molar-refractivity contribution in [3.8, 4) is 0 Å². The molecule has 0 bridgehead atoms. The molecule has 4 nitrogen and oxygen atoms in total. The average Bonchev–Trinajstić information content (AvgIpc) is 1.90. The highest BCUT2D eigenvalue weighted by Gasteiger charge is 1.87. The third-order valence-electron chi connectivity index (χ3n) is 0.910. The second-order valence-corrected chi connectivity index (χ2v) is 1.63. The van der Waals surface area contributed by atoms with E-state index in [9.17, 15) is 0 Å². The van der Waals surface area contributed by atoms with E-state index in [0.717, 1.165) is 0 Å². The van der Waals surface area contributed by atoms with E-state index >= 15 is 0 Å². The maximum atomic E-state index is 8.30. The molecule has 9 heavy (non-hydrogen) atoms. The molecule has 0 saturated heterocycles. The molecule has 0 saturated carbocycles. The maximum Gasteiger partial charge on any atom is 0.125 e. The van der Waals surface area contributed by atoms with E-state index in [1.54, 1.807) is 6.92 Å². The van der Waals surface area contributed by atoms with Crippen molar-refractivity contribution in [1.82, 2.24) is 9.97 Å². The Morgan fingerprint density at radius 2 is 2.00 bits per heavy atom. The van der Waals surface area contributed by atoms with Crippen molar-refractivity contribution in [2.45, 2.75) is 6.92 Å². The summed E-state index contributed by atoms with van der Waals surface area (Å²) >= 11 is 0. The molecule has 0 atom stereocenters. The van der Waals surface area contributed by atoms with E-state index in [0.29, 0.717) is 11.5 Å². The predicted octanol–water partition coefficient (Wildman–Crippen LogP) is 0.586. The largest absolute Gasteiger partial charge is 0.291 e. The maximum absolute atomic E-state index is 8.30. The lowest BCUT2D eigenvalue weighted by atomic mass is 10.5. The molecule has 1 rings (SSSR count). The fourth-order valence-corrected chi connectivity index (χ4v) is 0.450. The summed E-state index contributed by atoms with van der Waals surface area (Å²) in [6, 6.07) is 0. The first kappa shape index (κ1) is 5.97. The lowest BCUT2D eigenvalue weighted by molar-refractivity contribution is 0.388. The SMILES string of the molecule is Cc1ncc(NO)cn1. The van der Waals surface area contributed by atoms with Gasteiger partial charge in [-0.3, -0.25) is 10.7 Å². The molecule has 0 unspecified atom stereocenters. The molecule has 0 fully saturated rings. The molecule has 1 aromatic rings. The molecule has 0 radical (unpaired) electrons. The Bertz CT molecular complexity index is 184. The molecule has 0 aliphatic carbocycles. The number of rotatable bonds is 1. The van der Waals surface area contributed by atoms with Crippen molar-refractivity contribution >= 4 is 5.69 Å². The summed E-state index contributed by atoms with van der Waals surface area (Å²) in [7, 11) is 0. The van der Waals surface area contributed by atoms with Crippen LogP contribution in [-0.2, 0) is 0 Å². The monoisotopic (exact) mass is 125 g/mol. The van der Waals surface area contributed by atoms with Gasteiger partial charge in [0.05, 0.1) is 18.1 Å². The number of nitrogens with zero attached hydrogens (tertiary/aromatic N) is 2. The van der Waals surface area contributed by atoms with Crippen molar-refractivity contribution in [3.63, 3.8) is 0 Å². The van der Waals surface area contributed by atoms with Gasteiger partial charge in [-0.1, -0.05) is 0 Å². The summed E-state index contributed by atoms with van der Waals surface area (Å²) < 4.78 is 0. The Kier molecular flexibility index (Phi) is 1.60. The summed E-state index contributed by atoms with van der Waals surface area (Å²) in [4.78, 5) is 7.63. The molecular formula is C5H7N3O. The van der Waals surface area contributed by atoms with Crippen LogP contribution >= 0.6 is 0 Å². The van der Waals surface area contributed by atoms with Gasteiger partial charge >= 0.3 is 0 Å². The second-order valence-electron chi connectivity index (χ2n) is 1.63. The standard InChI is InChI=1S/C5H7N3O/c1-4-6-2-5(8-9)3-7-4/h2-3,8-9H,1H3. The molecular weight excluding hydrogens is 118 g/mol. The number of nitrogens with one attached hydrogen (secondary N) is 1. The highest BCUT2D eigenvalue weighted by atomic mass is 16.5. The number of aryl methyl sites for hydroxylation is 1. The molecule has 0 aromatic carbocycles. The topological polar surface area (TPSA) is 58.0 Å². The molecule has 0 spiro atoms. The van der Waals surface area contributed by atoms with Gasteiger partial charge < -0.3 is 0 Å². The molecule has 0 aliphatic heterocycles. The van der Waals surface area contributed by atoms with E-state index in [-0.39, 0.29) is 0 Å². The van der Waals surface area contributed by atoms with Crippen LogP contribution in [0.2, 0.25) is 0 Å². The Hall–Kier alpha value is -1.16. The van der Waals surface area contributed by atoms with Crippen LogP contribution in [0.4, 0.5) is 5.69 Å². The second kappa shape index (κ2) is 2.41. The summed E-state index contributed by atoms with van der Waals surface area (Å²) in [5, 5.41) is 8.30. The molecule has 4 heteroatoms. The smallest absolute Gasteiger partial charge is 0.125 e. The zero-order valence-corrected chi connectivity index (χ0v) is 5.00. The van der Waals surface area contributed by atoms with Crippen molar-refractivity contribution in [3.05, 3.63) is 18.2 Å². The average molecular weight is 125 g/mol. The minimum atomic E-state index is 0.501. The predicted molar refractivity (Wildman–Crippen MR) is 32.2 cm³/mol. The minimum Gasteiger partial charge on any atom is -0.291 e. The first-order chi connectivity index (χ1) is 4.33. The molecule has 0 amide bonds. The molecule has 1 aromatic heterocycles. The van der Waals surface area contributed by atoms with Gasteiger partial charge in [-0.05, 0) is 6.92 Å². The summed E-state index contributed by atoms with van der Waals surface area (Å²) in [6.07, 6.45) is 3.00. The van der Waals surface area contributed by atoms with Gasteiger partial charge in [-0.15, -0.1) is 0 Å². The van der Waals surface area contributed by atoms with Crippen molar-refractivity contribution in [2.75, 3.05) is 5.48 Å². The van der Waals surface area contributed by atoms with E-state index < -0.39 is 0 Å². The van der Waals surface area contributed by atoms with Crippen molar-refractivity contribution in [1.29, 1.82) is 0 Å². The van der Waals surface area contributed by atoms with Crippen LogP contribution in [0.25, 0.3) is 0 Å². The fourth-order valence-electron chi connectivity index (χ4n) is 0.450. The number of anilines is 1. The quantitative estimate of drug-likeness (QED) is 0.539. The van der Waals surface area contributed by atoms with Crippen LogP contribution < -0.4 is 5.48 Å². The molecule has 1 heterocycles. The summed E-state index contributed by atoms with van der Waals surface area (Å²) in [6.45, 7) is 1.78. The molecule has 2 N–H and O–H groups in total. The van der Waals surface area contributed by atoms with Gasteiger partial charge in [0.1, 0.15) is 5.82 Å². The number of hydrogen-bond acceptors (Lipinski definition) is 4. The van der Waals surface area contributed by atoms with Crippen LogP contribution in [0.15, 0.2) is 12.4 Å².